The van der Waals surface area contributed by atoms with E-state index >= 15 is 0 Å². The Bertz CT molecular complexity index is 402. The molecule has 0 aliphatic heterocycles. The second-order valence-electron chi connectivity index (χ2n) is 5.39. The van der Waals surface area contributed by atoms with Crippen LogP contribution in [-0.4, -0.2) is 23.1 Å². The molecule has 2 atom stereocenters. The summed E-state index contributed by atoms with van der Waals surface area (Å²) in [6.45, 7) is 3.96. The number of nitrogens with zero attached hydrogens (tertiary/aromatic N) is 1. The Morgan fingerprint density at radius 1 is 1.50 bits per heavy atom. The summed E-state index contributed by atoms with van der Waals surface area (Å²) >= 11 is 1.56. The molecule has 0 spiro atoms. The number of nitrogens with one attached hydrogen (secondary N) is 1. The van der Waals surface area contributed by atoms with Gasteiger partial charge in [0.1, 0.15) is 11.1 Å². The molecule has 1 N–H and O–H groups in total. The first kappa shape index (κ1) is 15.4. The van der Waals surface area contributed by atoms with Gasteiger partial charge in [0.25, 0.3) is 0 Å². The number of hydrogen-bond acceptors (Lipinski definition) is 4. The second-order valence-corrected chi connectivity index (χ2v) is 6.32. The zero-order valence-electron chi connectivity index (χ0n) is 12.3. The van der Waals surface area contributed by atoms with Gasteiger partial charge in [-0.3, -0.25) is 4.79 Å². The van der Waals surface area contributed by atoms with E-state index in [0.717, 1.165) is 17.8 Å². The summed E-state index contributed by atoms with van der Waals surface area (Å²) in [4.78, 5) is 16.5. The summed E-state index contributed by atoms with van der Waals surface area (Å²) < 4.78 is 5.99. The van der Waals surface area contributed by atoms with Crippen molar-refractivity contribution >= 4 is 17.2 Å². The number of amides is 1. The fraction of sp³-hybridized carbons (Fsp3) is 0.733. The molecular formula is C15H24N2O2S. The number of rotatable bonds is 6. The molecule has 0 saturated heterocycles. The van der Waals surface area contributed by atoms with Crippen molar-refractivity contribution in [2.24, 2.45) is 0 Å². The summed E-state index contributed by atoms with van der Waals surface area (Å²) in [6.07, 6.45) is 8.32. The second kappa shape index (κ2) is 7.74. The van der Waals surface area contributed by atoms with Gasteiger partial charge in [-0.25, -0.2) is 4.98 Å². The lowest BCUT2D eigenvalue weighted by molar-refractivity contribution is -0.139. The van der Waals surface area contributed by atoms with Crippen LogP contribution in [0.25, 0.3) is 0 Å². The molecule has 0 radical (unpaired) electrons. The third kappa shape index (κ3) is 4.28. The highest BCUT2D eigenvalue weighted by atomic mass is 32.1. The Hall–Kier alpha value is -0.940. The van der Waals surface area contributed by atoms with Gasteiger partial charge >= 0.3 is 0 Å². The molecule has 1 aromatic heterocycles. The number of aromatic nitrogens is 1. The van der Waals surface area contributed by atoms with E-state index in [2.05, 4.69) is 10.3 Å². The van der Waals surface area contributed by atoms with Crippen LogP contribution >= 0.6 is 11.3 Å². The number of hydrogen-bond donors (Lipinski definition) is 1. The Morgan fingerprint density at radius 2 is 2.25 bits per heavy atom. The lowest BCUT2D eigenvalue weighted by Crippen LogP contribution is -2.39. The third-order valence-corrected chi connectivity index (χ3v) is 4.71. The van der Waals surface area contributed by atoms with Gasteiger partial charge in [0, 0.05) is 11.6 Å². The first-order valence-electron chi connectivity index (χ1n) is 7.56. The van der Waals surface area contributed by atoms with Crippen LogP contribution < -0.4 is 5.32 Å². The molecule has 1 aromatic rings. The van der Waals surface area contributed by atoms with Crippen LogP contribution in [0.5, 0.6) is 0 Å². The summed E-state index contributed by atoms with van der Waals surface area (Å²) in [7, 11) is 0. The minimum atomic E-state index is -0.333. The van der Waals surface area contributed by atoms with Crippen LogP contribution in [0.3, 0.4) is 0 Å². The molecular weight excluding hydrogens is 272 g/mol. The van der Waals surface area contributed by atoms with Crippen molar-refractivity contribution in [1.82, 2.24) is 10.3 Å². The van der Waals surface area contributed by atoms with Crippen molar-refractivity contribution in [2.75, 3.05) is 0 Å². The largest absolute Gasteiger partial charge is 0.365 e. The van der Waals surface area contributed by atoms with E-state index in [-0.39, 0.29) is 24.2 Å². The zero-order chi connectivity index (χ0) is 14.4. The number of thiazole rings is 1. The average molecular weight is 296 g/mol. The summed E-state index contributed by atoms with van der Waals surface area (Å²) in [5, 5.41) is 5.87. The molecule has 1 heterocycles. The van der Waals surface area contributed by atoms with Crippen molar-refractivity contribution in [3.05, 3.63) is 16.6 Å². The van der Waals surface area contributed by atoms with Crippen LogP contribution in [0.2, 0.25) is 0 Å². The summed E-state index contributed by atoms with van der Waals surface area (Å²) in [5.41, 5.74) is 0. The van der Waals surface area contributed by atoms with Crippen LogP contribution in [0.15, 0.2) is 11.6 Å². The van der Waals surface area contributed by atoms with Crippen LogP contribution in [0.4, 0.5) is 0 Å². The van der Waals surface area contributed by atoms with Crippen LogP contribution in [0.1, 0.15) is 63.4 Å². The fourth-order valence-electron chi connectivity index (χ4n) is 2.59. The average Bonchev–Trinajstić information content (AvgIpc) is 3.00. The lowest BCUT2D eigenvalue weighted by Gasteiger charge is -2.27. The van der Waals surface area contributed by atoms with E-state index in [9.17, 15) is 4.79 Å². The van der Waals surface area contributed by atoms with Crippen LogP contribution in [-0.2, 0) is 9.53 Å². The van der Waals surface area contributed by atoms with E-state index < -0.39 is 0 Å². The first-order chi connectivity index (χ1) is 9.70. The quantitative estimate of drug-likeness (QED) is 0.874. The van der Waals surface area contributed by atoms with E-state index in [1.807, 2.05) is 19.2 Å². The molecule has 1 saturated carbocycles. The van der Waals surface area contributed by atoms with Gasteiger partial charge < -0.3 is 10.1 Å². The monoisotopic (exact) mass is 296 g/mol. The maximum absolute atomic E-state index is 12.3. The minimum absolute atomic E-state index is 0.0132. The number of carbonyl (C=O) groups is 1. The molecule has 2 rings (SSSR count). The van der Waals surface area contributed by atoms with E-state index in [4.69, 9.17) is 4.74 Å². The normalized spacial score (nSPS) is 19.5. The van der Waals surface area contributed by atoms with Gasteiger partial charge in [0.15, 0.2) is 0 Å². The SMILES string of the molecule is CC[C@H](OC1CCCCC1)C(=O)N[C@@H](C)c1nccs1. The van der Waals surface area contributed by atoms with E-state index in [1.54, 1.807) is 17.5 Å². The molecule has 1 aliphatic carbocycles. The minimum Gasteiger partial charge on any atom is -0.365 e. The smallest absolute Gasteiger partial charge is 0.249 e. The van der Waals surface area contributed by atoms with E-state index in [0.29, 0.717) is 6.42 Å². The highest BCUT2D eigenvalue weighted by molar-refractivity contribution is 7.09. The van der Waals surface area contributed by atoms with Gasteiger partial charge in [0.05, 0.1) is 12.1 Å². The predicted octanol–water partition coefficient (Wildman–Crippen LogP) is 3.45. The number of carbonyl (C=O) groups excluding carboxylic acids is 1. The molecule has 0 bridgehead atoms. The van der Waals surface area contributed by atoms with Gasteiger partial charge in [-0.1, -0.05) is 26.2 Å². The molecule has 0 unspecified atom stereocenters. The Morgan fingerprint density at radius 3 is 2.85 bits per heavy atom. The summed E-state index contributed by atoms with van der Waals surface area (Å²) in [5.74, 6) is -0.0132. The van der Waals surface area contributed by atoms with Crippen molar-refractivity contribution in [3.63, 3.8) is 0 Å². The molecule has 1 aliphatic rings. The molecule has 20 heavy (non-hydrogen) atoms. The standard InChI is InChI=1S/C15H24N2O2S/c1-3-13(19-12-7-5-4-6-8-12)14(18)17-11(2)15-16-9-10-20-15/h9-13H,3-8H2,1-2H3,(H,17,18)/t11-,13-/m0/s1. The maximum Gasteiger partial charge on any atom is 0.249 e. The first-order valence-corrected chi connectivity index (χ1v) is 8.44. The van der Waals surface area contributed by atoms with Crippen molar-refractivity contribution in [1.29, 1.82) is 0 Å². The van der Waals surface area contributed by atoms with Gasteiger partial charge in [-0.2, -0.15) is 0 Å². The molecule has 0 aromatic carbocycles. The molecule has 4 nitrogen and oxygen atoms in total. The maximum atomic E-state index is 12.3. The molecule has 5 heteroatoms. The third-order valence-electron chi connectivity index (χ3n) is 3.75. The molecule has 1 amide bonds. The lowest BCUT2D eigenvalue weighted by atomic mass is 9.97. The highest BCUT2D eigenvalue weighted by Gasteiger charge is 2.24. The Kier molecular flexibility index (Phi) is 5.98. The van der Waals surface area contributed by atoms with Crippen LogP contribution in [0, 0.1) is 0 Å². The Balaban J connectivity index is 1.84. The van der Waals surface area contributed by atoms with Gasteiger partial charge in [0.2, 0.25) is 5.91 Å². The highest BCUT2D eigenvalue weighted by Crippen LogP contribution is 2.22. The van der Waals surface area contributed by atoms with Gasteiger partial charge in [-0.15, -0.1) is 11.3 Å². The van der Waals surface area contributed by atoms with Crippen molar-refractivity contribution < 1.29 is 9.53 Å². The zero-order valence-corrected chi connectivity index (χ0v) is 13.1. The van der Waals surface area contributed by atoms with Crippen molar-refractivity contribution in [3.8, 4) is 0 Å². The topological polar surface area (TPSA) is 51.2 Å². The summed E-state index contributed by atoms with van der Waals surface area (Å²) in [6, 6.07) is -0.0495. The molecule has 1 fully saturated rings. The Labute approximate surface area is 124 Å². The van der Waals surface area contributed by atoms with E-state index in [1.165, 1.54) is 19.3 Å². The van der Waals surface area contributed by atoms with Crippen molar-refractivity contribution in [2.45, 2.75) is 70.6 Å². The number of ether oxygens (including phenoxy) is 1. The molecule has 112 valence electrons. The predicted molar refractivity (Wildman–Crippen MR) is 80.7 cm³/mol. The van der Waals surface area contributed by atoms with Gasteiger partial charge in [-0.05, 0) is 26.2 Å². The fourth-order valence-corrected chi connectivity index (χ4v) is 3.24.